The van der Waals surface area contributed by atoms with Crippen molar-refractivity contribution in [1.29, 1.82) is 0 Å². The van der Waals surface area contributed by atoms with Gasteiger partial charge in [-0.1, -0.05) is 13.8 Å². The van der Waals surface area contributed by atoms with Crippen LogP contribution in [0.15, 0.2) is 18.2 Å². The summed E-state index contributed by atoms with van der Waals surface area (Å²) in [5, 5.41) is 0. The Kier molecular flexibility index (Phi) is 5.51. The van der Waals surface area contributed by atoms with Gasteiger partial charge in [-0.05, 0) is 37.2 Å². The Labute approximate surface area is 101 Å². The lowest BCUT2D eigenvalue weighted by Crippen LogP contribution is -2.31. The van der Waals surface area contributed by atoms with Crippen LogP contribution in [0.1, 0.15) is 19.4 Å². The molecule has 0 amide bonds. The number of benzene rings is 1. The minimum absolute atomic E-state index is 0.353. The van der Waals surface area contributed by atoms with Crippen molar-refractivity contribution in [1.82, 2.24) is 4.90 Å². The average Bonchev–Trinajstić information content (AvgIpc) is 2.32. The Morgan fingerprint density at radius 3 is 2.65 bits per heavy atom. The minimum Gasteiger partial charge on any atom is -0.330 e. The summed E-state index contributed by atoms with van der Waals surface area (Å²) in [4.78, 5) is 2.06. The first-order valence-electron chi connectivity index (χ1n) is 5.93. The molecule has 0 aromatic heterocycles. The van der Waals surface area contributed by atoms with Gasteiger partial charge in [0.2, 0.25) is 0 Å². The van der Waals surface area contributed by atoms with Crippen molar-refractivity contribution in [2.45, 2.75) is 20.4 Å². The van der Waals surface area contributed by atoms with Gasteiger partial charge in [-0.2, -0.15) is 0 Å². The maximum Gasteiger partial charge on any atom is 0.127 e. The second-order valence-corrected chi connectivity index (χ2v) is 4.40. The first-order valence-corrected chi connectivity index (χ1v) is 5.93. The van der Waals surface area contributed by atoms with Gasteiger partial charge in [0.25, 0.3) is 0 Å². The second-order valence-electron chi connectivity index (χ2n) is 4.40. The van der Waals surface area contributed by atoms with Gasteiger partial charge >= 0.3 is 0 Å². The smallest absolute Gasteiger partial charge is 0.127 e. The summed E-state index contributed by atoms with van der Waals surface area (Å²) in [6.45, 7) is 6.65. The van der Waals surface area contributed by atoms with Gasteiger partial charge in [0.15, 0.2) is 0 Å². The molecule has 0 aliphatic carbocycles. The molecule has 0 spiro atoms. The topological polar surface area (TPSA) is 29.3 Å². The lowest BCUT2D eigenvalue weighted by Gasteiger charge is -2.23. The van der Waals surface area contributed by atoms with Crippen LogP contribution in [0.25, 0.3) is 0 Å². The van der Waals surface area contributed by atoms with Gasteiger partial charge in [-0.25, -0.2) is 8.78 Å². The van der Waals surface area contributed by atoms with Crippen molar-refractivity contribution in [3.63, 3.8) is 0 Å². The standard InChI is InChI=1S/C13H20F2N2/c1-3-17(8-10(2)7-16)9-11-6-12(14)4-5-13(11)15/h4-6,10H,3,7-9,16H2,1-2H3. The van der Waals surface area contributed by atoms with Crippen LogP contribution >= 0.6 is 0 Å². The molecule has 0 saturated heterocycles. The lowest BCUT2D eigenvalue weighted by atomic mass is 10.1. The van der Waals surface area contributed by atoms with Crippen LogP contribution in [0.3, 0.4) is 0 Å². The van der Waals surface area contributed by atoms with Crippen LogP contribution < -0.4 is 5.73 Å². The monoisotopic (exact) mass is 242 g/mol. The maximum atomic E-state index is 13.5. The van der Waals surface area contributed by atoms with Crippen molar-refractivity contribution >= 4 is 0 Å². The highest BCUT2D eigenvalue weighted by atomic mass is 19.1. The summed E-state index contributed by atoms with van der Waals surface area (Å²) in [7, 11) is 0. The van der Waals surface area contributed by atoms with E-state index >= 15 is 0 Å². The Morgan fingerprint density at radius 2 is 2.06 bits per heavy atom. The van der Waals surface area contributed by atoms with Gasteiger partial charge in [0, 0.05) is 18.7 Å². The third-order valence-electron chi connectivity index (χ3n) is 2.82. The molecule has 1 aromatic rings. The van der Waals surface area contributed by atoms with E-state index in [9.17, 15) is 8.78 Å². The summed E-state index contributed by atoms with van der Waals surface area (Å²) in [5.41, 5.74) is 5.96. The Hall–Kier alpha value is -1.00. The van der Waals surface area contributed by atoms with Crippen LogP contribution in [0.5, 0.6) is 0 Å². The van der Waals surface area contributed by atoms with E-state index in [1.165, 1.54) is 12.1 Å². The molecule has 1 atom stereocenters. The number of hydrogen-bond acceptors (Lipinski definition) is 2. The number of halogens is 2. The highest BCUT2D eigenvalue weighted by Crippen LogP contribution is 2.13. The molecule has 0 bridgehead atoms. The molecule has 0 heterocycles. The number of nitrogens with zero attached hydrogens (tertiary/aromatic N) is 1. The quantitative estimate of drug-likeness (QED) is 0.830. The molecule has 1 aromatic carbocycles. The molecule has 1 unspecified atom stereocenters. The van der Waals surface area contributed by atoms with E-state index in [1.807, 2.05) is 13.8 Å². The normalized spacial score (nSPS) is 13.1. The fourth-order valence-corrected chi connectivity index (χ4v) is 1.73. The molecule has 2 N–H and O–H groups in total. The molecule has 1 rings (SSSR count). The molecule has 0 radical (unpaired) electrons. The SMILES string of the molecule is CCN(Cc1cc(F)ccc1F)CC(C)CN. The van der Waals surface area contributed by atoms with E-state index in [4.69, 9.17) is 5.73 Å². The van der Waals surface area contributed by atoms with Crippen molar-refractivity contribution in [3.8, 4) is 0 Å². The third kappa shape index (κ3) is 4.40. The van der Waals surface area contributed by atoms with Crippen molar-refractivity contribution in [2.75, 3.05) is 19.6 Å². The molecular formula is C13H20F2N2. The maximum absolute atomic E-state index is 13.5. The van der Waals surface area contributed by atoms with Gasteiger partial charge in [0.1, 0.15) is 11.6 Å². The zero-order valence-electron chi connectivity index (χ0n) is 10.4. The minimum atomic E-state index is -0.399. The first-order chi connectivity index (χ1) is 8.06. The predicted octanol–water partition coefficient (Wildman–Crippen LogP) is 2.38. The van der Waals surface area contributed by atoms with Crippen LogP contribution in [-0.2, 0) is 6.54 Å². The van der Waals surface area contributed by atoms with Crippen LogP contribution in [0.2, 0.25) is 0 Å². The molecule has 0 fully saturated rings. The van der Waals surface area contributed by atoms with Gasteiger partial charge < -0.3 is 5.73 Å². The van der Waals surface area contributed by atoms with E-state index < -0.39 is 5.82 Å². The Bertz CT molecular complexity index is 355. The van der Waals surface area contributed by atoms with E-state index in [0.717, 1.165) is 19.2 Å². The van der Waals surface area contributed by atoms with E-state index in [-0.39, 0.29) is 5.82 Å². The number of nitrogens with two attached hydrogens (primary N) is 1. The second kappa shape index (κ2) is 6.67. The Balaban J connectivity index is 2.69. The fourth-order valence-electron chi connectivity index (χ4n) is 1.73. The zero-order valence-corrected chi connectivity index (χ0v) is 10.4. The van der Waals surface area contributed by atoms with Crippen LogP contribution in [-0.4, -0.2) is 24.5 Å². The largest absolute Gasteiger partial charge is 0.330 e. The number of rotatable bonds is 6. The van der Waals surface area contributed by atoms with Crippen molar-refractivity contribution in [3.05, 3.63) is 35.4 Å². The molecule has 4 heteroatoms. The molecule has 96 valence electrons. The van der Waals surface area contributed by atoms with Crippen LogP contribution in [0, 0.1) is 17.6 Å². The summed E-state index contributed by atoms with van der Waals surface area (Å²) >= 11 is 0. The fraction of sp³-hybridized carbons (Fsp3) is 0.538. The highest BCUT2D eigenvalue weighted by Gasteiger charge is 2.11. The van der Waals surface area contributed by atoms with Crippen LogP contribution in [0.4, 0.5) is 8.78 Å². The molecule has 0 aliphatic heterocycles. The molecular weight excluding hydrogens is 222 g/mol. The van der Waals surface area contributed by atoms with Gasteiger partial charge in [-0.15, -0.1) is 0 Å². The molecule has 17 heavy (non-hydrogen) atoms. The average molecular weight is 242 g/mol. The van der Waals surface area contributed by atoms with Crippen molar-refractivity contribution < 1.29 is 8.78 Å². The van der Waals surface area contributed by atoms with Crippen molar-refractivity contribution in [2.24, 2.45) is 11.7 Å². The number of hydrogen-bond donors (Lipinski definition) is 1. The summed E-state index contributed by atoms with van der Waals surface area (Å²) in [5.74, 6) is -0.402. The lowest BCUT2D eigenvalue weighted by molar-refractivity contribution is 0.240. The first kappa shape index (κ1) is 14.1. The molecule has 2 nitrogen and oxygen atoms in total. The Morgan fingerprint density at radius 1 is 1.35 bits per heavy atom. The summed E-state index contributed by atoms with van der Waals surface area (Å²) in [6, 6.07) is 3.56. The molecule has 0 saturated carbocycles. The summed E-state index contributed by atoms with van der Waals surface area (Å²) in [6.07, 6.45) is 0. The van der Waals surface area contributed by atoms with E-state index in [2.05, 4.69) is 4.90 Å². The highest BCUT2D eigenvalue weighted by molar-refractivity contribution is 5.18. The van der Waals surface area contributed by atoms with E-state index in [1.54, 1.807) is 0 Å². The summed E-state index contributed by atoms with van der Waals surface area (Å²) < 4.78 is 26.5. The van der Waals surface area contributed by atoms with Gasteiger partial charge in [0.05, 0.1) is 0 Å². The van der Waals surface area contributed by atoms with E-state index in [0.29, 0.717) is 24.6 Å². The third-order valence-corrected chi connectivity index (χ3v) is 2.82. The predicted molar refractivity (Wildman–Crippen MR) is 65.5 cm³/mol. The zero-order chi connectivity index (χ0) is 12.8. The molecule has 0 aliphatic rings. The van der Waals surface area contributed by atoms with Gasteiger partial charge in [-0.3, -0.25) is 4.90 Å².